The Morgan fingerprint density at radius 1 is 1.10 bits per heavy atom. The number of nitrogens with one attached hydrogen (secondary N) is 1. The number of halogens is 2. The molecule has 112 valence electrons. The summed E-state index contributed by atoms with van der Waals surface area (Å²) in [6, 6.07) is 16.0. The average Bonchev–Trinajstić information content (AvgIpc) is 2.51. The lowest BCUT2D eigenvalue weighted by Crippen LogP contribution is -2.35. The van der Waals surface area contributed by atoms with Gasteiger partial charge in [-0.15, -0.1) is 0 Å². The van der Waals surface area contributed by atoms with Crippen molar-refractivity contribution in [2.75, 3.05) is 6.54 Å². The first-order valence-electron chi connectivity index (χ1n) is 7.34. The first-order chi connectivity index (χ1) is 10.1. The monoisotopic (exact) mass is 349 g/mol. The van der Waals surface area contributed by atoms with Crippen LogP contribution in [-0.2, 0) is 6.42 Å². The Balaban J connectivity index is 2.21. The smallest absolute Gasteiger partial charge is 0.137 e. The highest BCUT2D eigenvalue weighted by Crippen LogP contribution is 2.26. The predicted molar refractivity (Wildman–Crippen MR) is 90.1 cm³/mol. The van der Waals surface area contributed by atoms with Crippen molar-refractivity contribution < 1.29 is 4.39 Å². The number of hydrogen-bond donors (Lipinski definition) is 1. The summed E-state index contributed by atoms with van der Waals surface area (Å²) in [6.07, 6.45) is 0.794. The number of rotatable bonds is 6. The lowest BCUT2D eigenvalue weighted by Gasteiger charge is -2.26. The quantitative estimate of drug-likeness (QED) is 0.780. The van der Waals surface area contributed by atoms with Gasteiger partial charge in [-0.05, 0) is 52.0 Å². The third kappa shape index (κ3) is 4.14. The summed E-state index contributed by atoms with van der Waals surface area (Å²) in [6.45, 7) is 5.22. The SMILES string of the molecule is CCNC(Cc1cccc(F)c1Br)C(C)c1ccccc1. The van der Waals surface area contributed by atoms with Gasteiger partial charge in [0.15, 0.2) is 0 Å². The van der Waals surface area contributed by atoms with Crippen molar-refractivity contribution in [2.45, 2.75) is 32.2 Å². The van der Waals surface area contributed by atoms with Crippen LogP contribution in [0.15, 0.2) is 53.0 Å². The summed E-state index contributed by atoms with van der Waals surface area (Å²) in [5, 5.41) is 3.53. The van der Waals surface area contributed by atoms with Gasteiger partial charge >= 0.3 is 0 Å². The number of benzene rings is 2. The van der Waals surface area contributed by atoms with E-state index in [1.165, 1.54) is 11.6 Å². The summed E-state index contributed by atoms with van der Waals surface area (Å²) >= 11 is 3.36. The molecule has 0 aliphatic carbocycles. The average molecular weight is 350 g/mol. The molecule has 2 rings (SSSR count). The lowest BCUT2D eigenvalue weighted by molar-refractivity contribution is 0.456. The van der Waals surface area contributed by atoms with Crippen LogP contribution < -0.4 is 5.32 Å². The zero-order valence-corrected chi connectivity index (χ0v) is 14.0. The number of likely N-dealkylation sites (N-methyl/N-ethyl adjacent to an activating group) is 1. The molecule has 0 bridgehead atoms. The van der Waals surface area contributed by atoms with E-state index in [4.69, 9.17) is 0 Å². The summed E-state index contributed by atoms with van der Waals surface area (Å²) in [5.41, 5.74) is 2.31. The van der Waals surface area contributed by atoms with Crippen LogP contribution >= 0.6 is 15.9 Å². The van der Waals surface area contributed by atoms with Crippen LogP contribution in [0.3, 0.4) is 0 Å². The van der Waals surface area contributed by atoms with E-state index in [1.807, 2.05) is 12.1 Å². The van der Waals surface area contributed by atoms with E-state index < -0.39 is 0 Å². The fraction of sp³-hybridized carbons (Fsp3) is 0.333. The molecule has 0 saturated carbocycles. The van der Waals surface area contributed by atoms with Crippen molar-refractivity contribution in [3.05, 3.63) is 69.9 Å². The zero-order chi connectivity index (χ0) is 15.2. The third-order valence-electron chi connectivity index (χ3n) is 3.87. The lowest BCUT2D eigenvalue weighted by atomic mass is 9.89. The molecule has 2 atom stereocenters. The minimum atomic E-state index is -0.199. The maximum absolute atomic E-state index is 13.7. The Labute approximate surface area is 134 Å². The van der Waals surface area contributed by atoms with Crippen LogP contribution in [0.4, 0.5) is 4.39 Å². The van der Waals surface area contributed by atoms with Crippen LogP contribution in [0.1, 0.15) is 30.9 Å². The third-order valence-corrected chi connectivity index (χ3v) is 4.75. The first kappa shape index (κ1) is 16.2. The van der Waals surface area contributed by atoms with Gasteiger partial charge in [0, 0.05) is 6.04 Å². The van der Waals surface area contributed by atoms with Gasteiger partial charge in [-0.3, -0.25) is 0 Å². The van der Waals surface area contributed by atoms with Gasteiger partial charge in [0.25, 0.3) is 0 Å². The maximum Gasteiger partial charge on any atom is 0.137 e. The van der Waals surface area contributed by atoms with Crippen molar-refractivity contribution >= 4 is 15.9 Å². The van der Waals surface area contributed by atoms with Crippen LogP contribution in [0.25, 0.3) is 0 Å². The van der Waals surface area contributed by atoms with Crippen molar-refractivity contribution in [3.63, 3.8) is 0 Å². The Morgan fingerprint density at radius 2 is 1.81 bits per heavy atom. The van der Waals surface area contributed by atoms with Crippen LogP contribution in [0.2, 0.25) is 0 Å². The van der Waals surface area contributed by atoms with E-state index >= 15 is 0 Å². The molecule has 2 aromatic carbocycles. The van der Waals surface area contributed by atoms with Gasteiger partial charge in [-0.1, -0.05) is 56.3 Å². The fourth-order valence-electron chi connectivity index (χ4n) is 2.62. The van der Waals surface area contributed by atoms with E-state index in [0.717, 1.165) is 18.5 Å². The Hall–Kier alpha value is -1.19. The Kier molecular flexibility index (Phi) is 5.95. The van der Waals surface area contributed by atoms with E-state index in [1.54, 1.807) is 6.07 Å². The molecular formula is C18H21BrFN. The van der Waals surface area contributed by atoms with E-state index in [0.29, 0.717) is 10.4 Å². The highest BCUT2D eigenvalue weighted by atomic mass is 79.9. The molecular weight excluding hydrogens is 329 g/mol. The molecule has 0 aliphatic heterocycles. The molecule has 0 saturated heterocycles. The summed E-state index contributed by atoms with van der Waals surface area (Å²) in [5.74, 6) is 0.163. The molecule has 0 amide bonds. The van der Waals surface area contributed by atoms with Gasteiger partial charge in [0.2, 0.25) is 0 Å². The van der Waals surface area contributed by atoms with Gasteiger partial charge in [-0.2, -0.15) is 0 Å². The molecule has 1 nitrogen and oxygen atoms in total. The van der Waals surface area contributed by atoms with Crippen molar-refractivity contribution in [1.29, 1.82) is 0 Å². The largest absolute Gasteiger partial charge is 0.313 e. The maximum atomic E-state index is 13.7. The van der Waals surface area contributed by atoms with Crippen LogP contribution in [0, 0.1) is 5.82 Å². The highest BCUT2D eigenvalue weighted by molar-refractivity contribution is 9.10. The van der Waals surface area contributed by atoms with E-state index in [-0.39, 0.29) is 11.9 Å². The van der Waals surface area contributed by atoms with Crippen molar-refractivity contribution in [3.8, 4) is 0 Å². The minimum absolute atomic E-state index is 0.199. The predicted octanol–water partition coefficient (Wildman–Crippen LogP) is 4.91. The molecule has 3 heteroatoms. The van der Waals surface area contributed by atoms with E-state index in [9.17, 15) is 4.39 Å². The second-order valence-electron chi connectivity index (χ2n) is 5.28. The molecule has 2 aromatic rings. The minimum Gasteiger partial charge on any atom is -0.313 e. The molecule has 0 heterocycles. The molecule has 0 aromatic heterocycles. The second kappa shape index (κ2) is 7.71. The highest BCUT2D eigenvalue weighted by Gasteiger charge is 2.20. The summed E-state index contributed by atoms with van der Waals surface area (Å²) in [7, 11) is 0. The molecule has 1 N–H and O–H groups in total. The number of hydrogen-bond acceptors (Lipinski definition) is 1. The fourth-order valence-corrected chi connectivity index (χ4v) is 3.05. The molecule has 2 unspecified atom stereocenters. The molecule has 0 spiro atoms. The molecule has 21 heavy (non-hydrogen) atoms. The van der Waals surface area contributed by atoms with Gasteiger partial charge in [0.1, 0.15) is 5.82 Å². The Morgan fingerprint density at radius 3 is 2.48 bits per heavy atom. The van der Waals surface area contributed by atoms with Crippen molar-refractivity contribution in [1.82, 2.24) is 5.32 Å². The summed E-state index contributed by atoms with van der Waals surface area (Å²) < 4.78 is 14.2. The van der Waals surface area contributed by atoms with Gasteiger partial charge < -0.3 is 5.32 Å². The molecule has 0 aliphatic rings. The second-order valence-corrected chi connectivity index (χ2v) is 6.07. The van der Waals surface area contributed by atoms with Crippen molar-refractivity contribution in [2.24, 2.45) is 0 Å². The first-order valence-corrected chi connectivity index (χ1v) is 8.14. The molecule has 0 fully saturated rings. The van der Waals surface area contributed by atoms with Gasteiger partial charge in [-0.25, -0.2) is 4.39 Å². The van der Waals surface area contributed by atoms with E-state index in [2.05, 4.69) is 59.4 Å². The zero-order valence-electron chi connectivity index (χ0n) is 12.4. The summed E-state index contributed by atoms with van der Waals surface area (Å²) in [4.78, 5) is 0. The van der Waals surface area contributed by atoms with Crippen LogP contribution in [0.5, 0.6) is 0 Å². The topological polar surface area (TPSA) is 12.0 Å². The van der Waals surface area contributed by atoms with Gasteiger partial charge in [0.05, 0.1) is 4.47 Å². The Bertz CT molecular complexity index is 571. The molecule has 0 radical (unpaired) electrons. The van der Waals surface area contributed by atoms with Crippen LogP contribution in [-0.4, -0.2) is 12.6 Å². The normalized spacial score (nSPS) is 13.9. The standard InChI is InChI=1S/C18H21BrFN/c1-3-21-17(13(2)14-8-5-4-6-9-14)12-15-10-7-11-16(20)18(15)19/h4-11,13,17,21H,3,12H2,1-2H3.